The number of carbonyl (C=O) groups is 2. The van der Waals surface area contributed by atoms with Gasteiger partial charge in [0.25, 0.3) is 5.91 Å². The van der Waals surface area contributed by atoms with Gasteiger partial charge in [-0.3, -0.25) is 9.59 Å². The number of anilines is 2. The minimum absolute atomic E-state index is 0.0851. The Labute approximate surface area is 223 Å². The molecule has 2 amide bonds. The fourth-order valence-electron chi connectivity index (χ4n) is 5.72. The lowest BCUT2D eigenvalue weighted by Gasteiger charge is -2.50. The SMILES string of the molecule is C=CC(=O)N1CCN2c3c4c(nc5c(F)c(-c6cccc(C)c6)c(Cl)cc35)O[C@@H](CCO)CN4C(=O)[C@H]2C1. The van der Waals surface area contributed by atoms with Crippen molar-refractivity contribution in [2.75, 3.05) is 42.6 Å². The third-order valence-corrected chi connectivity index (χ3v) is 7.78. The molecule has 1 saturated heterocycles. The molecule has 2 atom stereocenters. The second-order valence-corrected chi connectivity index (χ2v) is 10.2. The Bertz CT molecular complexity index is 1510. The maximum absolute atomic E-state index is 16.3. The zero-order chi connectivity index (χ0) is 26.7. The highest BCUT2D eigenvalue weighted by Gasteiger charge is 2.47. The highest BCUT2D eigenvalue weighted by molar-refractivity contribution is 6.34. The van der Waals surface area contributed by atoms with Gasteiger partial charge < -0.3 is 24.5 Å². The van der Waals surface area contributed by atoms with Gasteiger partial charge in [-0.1, -0.05) is 48.0 Å². The molecule has 6 rings (SSSR count). The van der Waals surface area contributed by atoms with Gasteiger partial charge in [0.1, 0.15) is 23.3 Å². The van der Waals surface area contributed by atoms with Crippen molar-refractivity contribution in [1.82, 2.24) is 9.88 Å². The number of rotatable bonds is 4. The second-order valence-electron chi connectivity index (χ2n) is 9.83. The van der Waals surface area contributed by atoms with Crippen molar-refractivity contribution in [1.29, 1.82) is 0 Å². The first-order chi connectivity index (χ1) is 18.3. The number of halogens is 2. The molecule has 3 aliphatic heterocycles. The fraction of sp³-hybridized carbons (Fsp3) is 0.321. The van der Waals surface area contributed by atoms with Gasteiger partial charge >= 0.3 is 0 Å². The van der Waals surface area contributed by atoms with Crippen molar-refractivity contribution in [3.63, 3.8) is 0 Å². The number of nitrogens with zero attached hydrogens (tertiary/aromatic N) is 4. The van der Waals surface area contributed by atoms with E-state index in [1.165, 1.54) is 6.08 Å². The number of pyridine rings is 1. The van der Waals surface area contributed by atoms with Crippen molar-refractivity contribution >= 4 is 45.7 Å². The Morgan fingerprint density at radius 1 is 1.29 bits per heavy atom. The van der Waals surface area contributed by atoms with E-state index in [-0.39, 0.29) is 59.9 Å². The van der Waals surface area contributed by atoms with Gasteiger partial charge in [-0.15, -0.1) is 0 Å². The topological polar surface area (TPSA) is 86.2 Å². The van der Waals surface area contributed by atoms with Crippen LogP contribution in [0.4, 0.5) is 15.8 Å². The first-order valence-electron chi connectivity index (χ1n) is 12.5. The lowest BCUT2D eigenvalue weighted by atomic mass is 9.96. The average Bonchev–Trinajstić information content (AvgIpc) is 2.90. The molecule has 3 aliphatic rings. The van der Waals surface area contributed by atoms with Crippen LogP contribution in [-0.4, -0.2) is 71.7 Å². The van der Waals surface area contributed by atoms with Crippen molar-refractivity contribution in [3.8, 4) is 17.0 Å². The molecule has 38 heavy (non-hydrogen) atoms. The van der Waals surface area contributed by atoms with E-state index in [2.05, 4.69) is 11.6 Å². The smallest absolute Gasteiger partial charge is 0.251 e. The molecule has 4 heterocycles. The number of piperazine rings is 1. The molecular formula is C28H26ClFN4O4. The monoisotopic (exact) mass is 536 g/mol. The molecule has 0 radical (unpaired) electrons. The van der Waals surface area contributed by atoms with Gasteiger partial charge in [0.2, 0.25) is 11.8 Å². The Hall–Kier alpha value is -3.69. The molecule has 0 bridgehead atoms. The summed E-state index contributed by atoms with van der Waals surface area (Å²) in [6, 6.07) is 8.45. The Balaban J connectivity index is 1.59. The zero-order valence-electron chi connectivity index (χ0n) is 20.8. The molecule has 2 aromatic carbocycles. The summed E-state index contributed by atoms with van der Waals surface area (Å²) in [6.45, 7) is 6.47. The summed E-state index contributed by atoms with van der Waals surface area (Å²) in [6.07, 6.45) is 1.01. The molecule has 1 aromatic heterocycles. The molecule has 1 fully saturated rings. The van der Waals surface area contributed by atoms with Crippen LogP contribution in [0.15, 0.2) is 43.0 Å². The van der Waals surface area contributed by atoms with E-state index in [9.17, 15) is 14.7 Å². The van der Waals surface area contributed by atoms with E-state index < -0.39 is 18.0 Å². The van der Waals surface area contributed by atoms with Crippen LogP contribution >= 0.6 is 11.6 Å². The number of aliphatic hydroxyl groups excluding tert-OH is 1. The van der Waals surface area contributed by atoms with E-state index in [0.717, 1.165) is 5.56 Å². The number of carbonyl (C=O) groups excluding carboxylic acids is 2. The van der Waals surface area contributed by atoms with Crippen LogP contribution in [0.25, 0.3) is 22.0 Å². The maximum Gasteiger partial charge on any atom is 0.251 e. The third-order valence-electron chi connectivity index (χ3n) is 7.48. The molecule has 0 spiro atoms. The molecule has 0 aliphatic carbocycles. The van der Waals surface area contributed by atoms with E-state index in [0.29, 0.717) is 35.4 Å². The number of hydrogen-bond donors (Lipinski definition) is 1. The molecule has 0 saturated carbocycles. The number of fused-ring (bicyclic) bond motifs is 4. The van der Waals surface area contributed by atoms with E-state index in [1.807, 2.05) is 30.0 Å². The van der Waals surface area contributed by atoms with Crippen LogP contribution in [0.3, 0.4) is 0 Å². The maximum atomic E-state index is 16.3. The number of hydrogen-bond acceptors (Lipinski definition) is 6. The van der Waals surface area contributed by atoms with E-state index in [1.54, 1.807) is 21.9 Å². The summed E-state index contributed by atoms with van der Waals surface area (Å²) >= 11 is 6.72. The molecule has 3 aromatic rings. The van der Waals surface area contributed by atoms with Gasteiger partial charge in [-0.05, 0) is 24.6 Å². The van der Waals surface area contributed by atoms with Crippen LogP contribution in [0.1, 0.15) is 12.0 Å². The van der Waals surface area contributed by atoms with Crippen molar-refractivity contribution in [2.45, 2.75) is 25.5 Å². The number of aliphatic hydroxyl groups is 1. The van der Waals surface area contributed by atoms with Gasteiger partial charge in [0, 0.05) is 37.1 Å². The molecule has 8 nitrogen and oxygen atoms in total. The fourth-order valence-corrected chi connectivity index (χ4v) is 6.02. The van der Waals surface area contributed by atoms with Gasteiger partial charge in [0.15, 0.2) is 5.82 Å². The summed E-state index contributed by atoms with van der Waals surface area (Å²) in [5.74, 6) is -0.883. The first-order valence-corrected chi connectivity index (χ1v) is 12.9. The average molecular weight is 537 g/mol. The molecule has 0 unspecified atom stereocenters. The van der Waals surface area contributed by atoms with Gasteiger partial charge in [0.05, 0.1) is 23.8 Å². The predicted octanol–water partition coefficient (Wildman–Crippen LogP) is 3.70. The van der Waals surface area contributed by atoms with Crippen LogP contribution < -0.4 is 14.5 Å². The predicted molar refractivity (Wildman–Crippen MR) is 143 cm³/mol. The standard InChI is InChI=1S/C28H26ClFN4O4/c1-3-21(36)32-8-9-33-20(14-32)28(37)34-13-17(7-10-35)38-27-26(34)25(33)18-12-19(29)22(23(30)24(18)31-27)16-6-4-5-15(2)11-16/h3-6,11-12,17,20,35H,1,7-10,13-14H2,2H3/t17-,20+/m0/s1. The molecule has 1 N–H and O–H groups in total. The Kier molecular flexibility index (Phi) is 6.00. The summed E-state index contributed by atoms with van der Waals surface area (Å²) < 4.78 is 22.4. The summed E-state index contributed by atoms with van der Waals surface area (Å²) in [5, 5.41) is 10.3. The van der Waals surface area contributed by atoms with Crippen molar-refractivity contribution < 1.29 is 23.8 Å². The van der Waals surface area contributed by atoms with Gasteiger partial charge in [-0.2, -0.15) is 0 Å². The highest BCUT2D eigenvalue weighted by Crippen LogP contribution is 2.51. The van der Waals surface area contributed by atoms with Crippen molar-refractivity contribution in [3.05, 3.63) is 59.4 Å². The normalized spacial score (nSPS) is 20.2. The third kappa shape index (κ3) is 3.72. The van der Waals surface area contributed by atoms with Crippen LogP contribution in [0.2, 0.25) is 5.02 Å². The minimum atomic E-state index is -0.676. The summed E-state index contributed by atoms with van der Waals surface area (Å²) in [4.78, 5) is 35.8. The number of amides is 2. The highest BCUT2D eigenvalue weighted by atomic mass is 35.5. The van der Waals surface area contributed by atoms with Crippen LogP contribution in [0, 0.1) is 12.7 Å². The summed E-state index contributed by atoms with van der Waals surface area (Å²) in [7, 11) is 0. The number of benzene rings is 2. The van der Waals surface area contributed by atoms with E-state index >= 15 is 4.39 Å². The van der Waals surface area contributed by atoms with Crippen LogP contribution in [0.5, 0.6) is 5.88 Å². The second kappa shape index (κ2) is 9.25. The number of ether oxygens (including phenoxy) is 1. The van der Waals surface area contributed by atoms with Gasteiger partial charge in [-0.25, -0.2) is 9.37 Å². The number of aryl methyl sites for hydroxylation is 1. The van der Waals surface area contributed by atoms with E-state index in [4.69, 9.17) is 16.3 Å². The largest absolute Gasteiger partial charge is 0.471 e. The molecular weight excluding hydrogens is 511 g/mol. The lowest BCUT2D eigenvalue weighted by molar-refractivity contribution is -0.128. The number of aromatic nitrogens is 1. The minimum Gasteiger partial charge on any atom is -0.471 e. The lowest BCUT2D eigenvalue weighted by Crippen LogP contribution is -2.65. The van der Waals surface area contributed by atoms with Crippen molar-refractivity contribution in [2.24, 2.45) is 0 Å². The molecule has 10 heteroatoms. The zero-order valence-corrected chi connectivity index (χ0v) is 21.5. The molecule has 196 valence electrons. The van der Waals surface area contributed by atoms with Crippen LogP contribution in [-0.2, 0) is 9.59 Å². The Morgan fingerprint density at radius 3 is 2.84 bits per heavy atom. The summed E-state index contributed by atoms with van der Waals surface area (Å²) in [5.41, 5.74) is 3.00. The quantitative estimate of drug-likeness (QED) is 0.512. The Morgan fingerprint density at radius 2 is 2.11 bits per heavy atom. The first kappa shape index (κ1) is 24.6.